The second-order valence-electron chi connectivity index (χ2n) is 8.03. The number of rotatable bonds is 10. The molecular weight excluding hydrogens is 448 g/mol. The first kappa shape index (κ1) is 24.3. The van der Waals surface area contributed by atoms with Crippen LogP contribution in [0.3, 0.4) is 0 Å². The van der Waals surface area contributed by atoms with Crippen molar-refractivity contribution >= 4 is 11.6 Å². The number of methoxy groups -OCH3 is 2. The van der Waals surface area contributed by atoms with Gasteiger partial charge in [-0.2, -0.15) is 4.98 Å². The Kier molecular flexibility index (Phi) is 7.67. The van der Waals surface area contributed by atoms with Gasteiger partial charge in [0, 0.05) is 31.5 Å². The van der Waals surface area contributed by atoms with Crippen LogP contribution in [0.2, 0.25) is 0 Å². The van der Waals surface area contributed by atoms with Crippen LogP contribution in [0.1, 0.15) is 37.8 Å². The molecule has 35 heavy (non-hydrogen) atoms. The Labute approximate surface area is 204 Å². The summed E-state index contributed by atoms with van der Waals surface area (Å²) < 4.78 is 21.7. The highest BCUT2D eigenvalue weighted by Crippen LogP contribution is 2.38. The number of ether oxygens (including phenoxy) is 3. The molecule has 1 aromatic heterocycles. The van der Waals surface area contributed by atoms with Gasteiger partial charge >= 0.3 is 6.03 Å². The summed E-state index contributed by atoms with van der Waals surface area (Å²) in [6, 6.07) is 14.4. The van der Waals surface area contributed by atoms with Crippen molar-refractivity contribution in [1.29, 1.82) is 0 Å². The number of allylic oxidation sites excluding steroid dienone is 1. The third-order valence-electron chi connectivity index (χ3n) is 5.86. The van der Waals surface area contributed by atoms with Crippen LogP contribution in [0.4, 0.5) is 4.79 Å². The standard InChI is InChI=1S/C26H30N4O5/c1-5-34-21-13-7-18(8-14-21)23-22(17(2)30(26(31)27-23)15-6-16-32-3)25-28-24(29-35-25)19-9-11-20(33-4)12-10-19/h7-14,23H,5-6,15-16H2,1-4H3,(H,27,31). The monoisotopic (exact) mass is 478 g/mol. The minimum absolute atomic E-state index is 0.184. The molecule has 4 rings (SSSR count). The van der Waals surface area contributed by atoms with Crippen LogP contribution < -0.4 is 14.8 Å². The van der Waals surface area contributed by atoms with Gasteiger partial charge in [-0.3, -0.25) is 4.90 Å². The van der Waals surface area contributed by atoms with Gasteiger partial charge in [0.2, 0.25) is 5.82 Å². The van der Waals surface area contributed by atoms with Crippen molar-refractivity contribution in [1.82, 2.24) is 20.4 Å². The zero-order valence-electron chi connectivity index (χ0n) is 20.4. The molecule has 1 N–H and O–H groups in total. The number of urea groups is 1. The Morgan fingerprint density at radius 3 is 2.43 bits per heavy atom. The number of amides is 2. The predicted molar refractivity (Wildman–Crippen MR) is 131 cm³/mol. The SMILES string of the molecule is CCOc1ccc(C2NC(=O)N(CCCOC)C(C)=C2c2nc(-c3ccc(OC)cc3)no2)cc1. The maximum Gasteiger partial charge on any atom is 0.322 e. The van der Waals surface area contributed by atoms with Crippen molar-refractivity contribution in [2.24, 2.45) is 0 Å². The van der Waals surface area contributed by atoms with Crippen LogP contribution in [0.5, 0.6) is 11.5 Å². The topological polar surface area (TPSA) is 99.0 Å². The average Bonchev–Trinajstić information content (AvgIpc) is 3.36. The highest BCUT2D eigenvalue weighted by atomic mass is 16.5. The Morgan fingerprint density at radius 2 is 1.77 bits per heavy atom. The molecule has 2 heterocycles. The molecule has 0 spiro atoms. The molecule has 2 amide bonds. The van der Waals surface area contributed by atoms with Crippen molar-refractivity contribution in [3.63, 3.8) is 0 Å². The summed E-state index contributed by atoms with van der Waals surface area (Å²) in [5.74, 6) is 2.31. The lowest BCUT2D eigenvalue weighted by Gasteiger charge is -2.35. The van der Waals surface area contributed by atoms with E-state index in [0.717, 1.165) is 33.9 Å². The highest BCUT2D eigenvalue weighted by molar-refractivity contribution is 5.86. The van der Waals surface area contributed by atoms with Gasteiger partial charge < -0.3 is 24.1 Å². The number of nitrogens with zero attached hydrogens (tertiary/aromatic N) is 3. The first-order valence-corrected chi connectivity index (χ1v) is 11.5. The fourth-order valence-electron chi connectivity index (χ4n) is 4.06. The molecule has 9 heteroatoms. The Balaban J connectivity index is 1.72. The zero-order valence-corrected chi connectivity index (χ0v) is 20.4. The van der Waals surface area contributed by atoms with Gasteiger partial charge in [0.1, 0.15) is 11.5 Å². The molecule has 1 unspecified atom stereocenters. The summed E-state index contributed by atoms with van der Waals surface area (Å²) in [6.07, 6.45) is 0.698. The first-order chi connectivity index (χ1) is 17.0. The summed E-state index contributed by atoms with van der Waals surface area (Å²) in [6.45, 7) is 5.48. The van der Waals surface area contributed by atoms with Crippen LogP contribution in [-0.2, 0) is 4.74 Å². The van der Waals surface area contributed by atoms with E-state index < -0.39 is 6.04 Å². The Morgan fingerprint density at radius 1 is 1.06 bits per heavy atom. The zero-order chi connectivity index (χ0) is 24.8. The second-order valence-corrected chi connectivity index (χ2v) is 8.03. The predicted octanol–water partition coefficient (Wildman–Crippen LogP) is 4.68. The molecule has 0 aliphatic carbocycles. The van der Waals surface area contributed by atoms with Gasteiger partial charge in [-0.1, -0.05) is 17.3 Å². The molecule has 1 atom stereocenters. The van der Waals surface area contributed by atoms with Gasteiger partial charge in [0.15, 0.2) is 0 Å². The fourth-order valence-corrected chi connectivity index (χ4v) is 4.06. The van der Waals surface area contributed by atoms with E-state index in [1.807, 2.05) is 62.4 Å². The van der Waals surface area contributed by atoms with Gasteiger partial charge in [-0.25, -0.2) is 4.79 Å². The molecule has 0 bridgehead atoms. The Hall–Kier alpha value is -3.85. The number of hydrogen-bond acceptors (Lipinski definition) is 7. The summed E-state index contributed by atoms with van der Waals surface area (Å²) in [4.78, 5) is 19.4. The van der Waals surface area contributed by atoms with E-state index in [1.54, 1.807) is 19.1 Å². The van der Waals surface area contributed by atoms with E-state index in [0.29, 0.717) is 37.9 Å². The van der Waals surface area contributed by atoms with Crippen molar-refractivity contribution in [3.05, 3.63) is 65.7 Å². The van der Waals surface area contributed by atoms with Crippen molar-refractivity contribution in [2.45, 2.75) is 26.3 Å². The lowest BCUT2D eigenvalue weighted by atomic mass is 9.94. The summed E-state index contributed by atoms with van der Waals surface area (Å²) >= 11 is 0. The van der Waals surface area contributed by atoms with Crippen LogP contribution in [0.25, 0.3) is 17.0 Å². The molecule has 9 nitrogen and oxygen atoms in total. The summed E-state index contributed by atoms with van der Waals surface area (Å²) in [7, 11) is 3.26. The van der Waals surface area contributed by atoms with Gasteiger partial charge in [-0.15, -0.1) is 0 Å². The minimum atomic E-state index is -0.457. The smallest absolute Gasteiger partial charge is 0.322 e. The third kappa shape index (κ3) is 5.30. The maximum absolute atomic E-state index is 13.1. The number of nitrogens with one attached hydrogen (secondary N) is 1. The van der Waals surface area contributed by atoms with Crippen LogP contribution in [-0.4, -0.2) is 55.0 Å². The van der Waals surface area contributed by atoms with E-state index in [9.17, 15) is 4.79 Å². The largest absolute Gasteiger partial charge is 0.497 e. The number of benzene rings is 2. The van der Waals surface area contributed by atoms with Crippen LogP contribution in [0.15, 0.2) is 58.8 Å². The minimum Gasteiger partial charge on any atom is -0.497 e. The first-order valence-electron chi connectivity index (χ1n) is 11.5. The van der Waals surface area contributed by atoms with E-state index in [2.05, 4.69) is 15.5 Å². The van der Waals surface area contributed by atoms with Crippen molar-refractivity contribution in [2.75, 3.05) is 34.0 Å². The lowest BCUT2D eigenvalue weighted by molar-refractivity contribution is 0.174. The molecule has 184 valence electrons. The van der Waals surface area contributed by atoms with Gasteiger partial charge in [0.25, 0.3) is 5.89 Å². The van der Waals surface area contributed by atoms with Crippen molar-refractivity contribution in [3.8, 4) is 22.9 Å². The van der Waals surface area contributed by atoms with Gasteiger partial charge in [-0.05, 0) is 62.2 Å². The number of aromatic nitrogens is 2. The second kappa shape index (κ2) is 11.1. The van der Waals surface area contributed by atoms with Gasteiger partial charge in [0.05, 0.1) is 25.3 Å². The fraction of sp³-hybridized carbons (Fsp3) is 0.346. The molecule has 0 saturated carbocycles. The number of hydrogen-bond donors (Lipinski definition) is 1. The molecule has 0 fully saturated rings. The quantitative estimate of drug-likeness (QED) is 0.423. The van der Waals surface area contributed by atoms with Crippen LogP contribution in [0, 0.1) is 0 Å². The van der Waals surface area contributed by atoms with Crippen LogP contribution >= 0.6 is 0 Å². The summed E-state index contributed by atoms with van der Waals surface area (Å²) in [5, 5.41) is 7.31. The molecule has 1 aliphatic rings. The normalized spacial score (nSPS) is 15.8. The molecule has 0 saturated heterocycles. The van der Waals surface area contributed by atoms with E-state index in [1.165, 1.54) is 0 Å². The summed E-state index contributed by atoms with van der Waals surface area (Å²) in [5.41, 5.74) is 3.19. The third-order valence-corrected chi connectivity index (χ3v) is 5.86. The van der Waals surface area contributed by atoms with Crippen molar-refractivity contribution < 1.29 is 23.5 Å². The van der Waals surface area contributed by atoms with E-state index >= 15 is 0 Å². The van der Waals surface area contributed by atoms with E-state index in [-0.39, 0.29) is 6.03 Å². The number of carbonyl (C=O) groups excluding carboxylic acids is 1. The molecule has 0 radical (unpaired) electrons. The molecule has 2 aromatic carbocycles. The number of carbonyl (C=O) groups is 1. The molecule has 1 aliphatic heterocycles. The highest BCUT2D eigenvalue weighted by Gasteiger charge is 2.35. The molecule has 3 aromatic rings. The molecular formula is C26H30N4O5. The Bertz CT molecular complexity index is 1170. The average molecular weight is 479 g/mol. The van der Waals surface area contributed by atoms with E-state index in [4.69, 9.17) is 18.7 Å². The maximum atomic E-state index is 13.1. The lowest BCUT2D eigenvalue weighted by Crippen LogP contribution is -2.46.